The first kappa shape index (κ1) is 23.0. The third kappa shape index (κ3) is 6.61. The fourth-order valence-electron chi connectivity index (χ4n) is 2.85. The number of benzene rings is 1. The number of hydrogen-bond acceptors (Lipinski definition) is 4. The summed E-state index contributed by atoms with van der Waals surface area (Å²) in [6.45, 7) is 3.71. The monoisotopic (exact) mass is 438 g/mol. The van der Waals surface area contributed by atoms with Crippen LogP contribution in [0.4, 0.5) is 0 Å². The first-order chi connectivity index (χ1) is 13.8. The average Bonchev–Trinajstić information content (AvgIpc) is 3.16. The van der Waals surface area contributed by atoms with E-state index in [2.05, 4.69) is 5.32 Å². The first-order valence-electron chi connectivity index (χ1n) is 9.37. The molecule has 0 saturated heterocycles. The van der Waals surface area contributed by atoms with Gasteiger partial charge in [0.05, 0.1) is 19.2 Å². The number of nitrogens with zero attached hydrogens (tertiary/aromatic N) is 1. The number of Topliss-reactive ketones (excluding diaryl/α,β-unsaturated/α-hetero) is 1. The number of ketones is 1. The van der Waals surface area contributed by atoms with E-state index in [9.17, 15) is 14.4 Å². The number of furan rings is 1. The number of carbonyl (C=O) groups excluding carboxylic acids is 3. The smallest absolute Gasteiger partial charge is 0.250 e. The molecule has 8 heteroatoms. The standard InChI is InChI=1S/C21H24Cl2N2O4/c1-3-4-9-24-21(28)20(14(2)26)25(13-17-6-5-10-29-17)19(27)11-15-7-8-16(22)12-18(15)23/h5-8,10,12,20H,3-4,9,11,13H2,1-2H3,(H,24,28). The van der Waals surface area contributed by atoms with Crippen LogP contribution >= 0.6 is 23.2 Å². The van der Waals surface area contributed by atoms with Crippen molar-refractivity contribution in [2.75, 3.05) is 6.54 Å². The molecule has 0 aliphatic heterocycles. The van der Waals surface area contributed by atoms with Crippen LogP contribution in [0.25, 0.3) is 0 Å². The maximum absolute atomic E-state index is 13.1. The maximum Gasteiger partial charge on any atom is 0.250 e. The highest BCUT2D eigenvalue weighted by Gasteiger charge is 2.34. The number of rotatable bonds is 10. The summed E-state index contributed by atoms with van der Waals surface area (Å²) in [5.41, 5.74) is 0.555. The van der Waals surface area contributed by atoms with Gasteiger partial charge in [-0.1, -0.05) is 42.6 Å². The molecule has 0 spiro atoms. The molecule has 0 bridgehead atoms. The molecule has 0 aliphatic carbocycles. The minimum absolute atomic E-state index is 0.0114. The quantitative estimate of drug-likeness (QED) is 0.448. The molecule has 29 heavy (non-hydrogen) atoms. The van der Waals surface area contributed by atoms with Gasteiger partial charge in [0.1, 0.15) is 5.76 Å². The van der Waals surface area contributed by atoms with Crippen molar-refractivity contribution in [2.24, 2.45) is 0 Å². The van der Waals surface area contributed by atoms with Crippen LogP contribution in [0.1, 0.15) is 38.0 Å². The summed E-state index contributed by atoms with van der Waals surface area (Å²) >= 11 is 12.1. The molecule has 1 unspecified atom stereocenters. The minimum Gasteiger partial charge on any atom is -0.467 e. The topological polar surface area (TPSA) is 79.6 Å². The Morgan fingerprint density at radius 3 is 2.55 bits per heavy atom. The molecule has 0 saturated carbocycles. The molecule has 6 nitrogen and oxygen atoms in total. The molecular weight excluding hydrogens is 415 g/mol. The van der Waals surface area contributed by atoms with E-state index in [0.29, 0.717) is 27.9 Å². The van der Waals surface area contributed by atoms with Crippen molar-refractivity contribution in [3.8, 4) is 0 Å². The molecule has 0 radical (unpaired) electrons. The summed E-state index contributed by atoms with van der Waals surface area (Å²) in [5, 5.41) is 3.53. The molecule has 1 aromatic carbocycles. The summed E-state index contributed by atoms with van der Waals surface area (Å²) < 4.78 is 5.33. The third-order valence-electron chi connectivity index (χ3n) is 4.36. The van der Waals surface area contributed by atoms with Gasteiger partial charge in [0.15, 0.2) is 11.8 Å². The molecule has 2 amide bonds. The van der Waals surface area contributed by atoms with Gasteiger partial charge >= 0.3 is 0 Å². The van der Waals surface area contributed by atoms with Crippen molar-refractivity contribution < 1.29 is 18.8 Å². The molecule has 1 N–H and O–H groups in total. The van der Waals surface area contributed by atoms with E-state index in [1.807, 2.05) is 6.92 Å². The average molecular weight is 439 g/mol. The third-order valence-corrected chi connectivity index (χ3v) is 4.95. The van der Waals surface area contributed by atoms with Crippen LogP contribution in [0.15, 0.2) is 41.0 Å². The lowest BCUT2D eigenvalue weighted by atomic mass is 10.1. The number of hydrogen-bond donors (Lipinski definition) is 1. The molecular formula is C21H24Cl2N2O4. The van der Waals surface area contributed by atoms with Crippen molar-refractivity contribution >= 4 is 40.8 Å². The van der Waals surface area contributed by atoms with E-state index in [1.54, 1.807) is 30.3 Å². The Morgan fingerprint density at radius 1 is 1.21 bits per heavy atom. The Hall–Kier alpha value is -2.31. The van der Waals surface area contributed by atoms with Gasteiger partial charge in [0.25, 0.3) is 5.91 Å². The van der Waals surface area contributed by atoms with Crippen molar-refractivity contribution in [3.05, 3.63) is 58.0 Å². The number of amides is 2. The Kier molecular flexibility index (Phi) is 8.73. The summed E-state index contributed by atoms with van der Waals surface area (Å²) in [5.74, 6) is -0.890. The van der Waals surface area contributed by atoms with Crippen LogP contribution in [-0.2, 0) is 27.3 Å². The summed E-state index contributed by atoms with van der Waals surface area (Å²) in [7, 11) is 0. The largest absolute Gasteiger partial charge is 0.467 e. The second-order valence-corrected chi connectivity index (χ2v) is 7.51. The molecule has 1 atom stereocenters. The number of unbranched alkanes of at least 4 members (excludes halogenated alkanes) is 1. The highest BCUT2D eigenvalue weighted by molar-refractivity contribution is 6.35. The van der Waals surface area contributed by atoms with E-state index >= 15 is 0 Å². The fourth-order valence-corrected chi connectivity index (χ4v) is 3.33. The zero-order valence-corrected chi connectivity index (χ0v) is 17.9. The van der Waals surface area contributed by atoms with Crippen LogP contribution in [0.3, 0.4) is 0 Å². The van der Waals surface area contributed by atoms with Gasteiger partial charge in [-0.2, -0.15) is 0 Å². The van der Waals surface area contributed by atoms with Crippen molar-refractivity contribution in [3.63, 3.8) is 0 Å². The van der Waals surface area contributed by atoms with Crippen molar-refractivity contribution in [1.82, 2.24) is 10.2 Å². The van der Waals surface area contributed by atoms with Gasteiger partial charge in [-0.25, -0.2) is 0 Å². The molecule has 2 aromatic rings. The highest BCUT2D eigenvalue weighted by atomic mass is 35.5. The Labute approximate surface area is 180 Å². The van der Waals surface area contributed by atoms with Gasteiger partial charge < -0.3 is 14.6 Å². The summed E-state index contributed by atoms with van der Waals surface area (Å²) in [4.78, 5) is 39.4. The second kappa shape index (κ2) is 11.0. The number of halogens is 2. The minimum atomic E-state index is -1.25. The molecule has 2 rings (SSSR count). The molecule has 1 aromatic heterocycles. The SMILES string of the molecule is CCCCNC(=O)C(C(C)=O)N(Cc1ccco1)C(=O)Cc1ccc(Cl)cc1Cl. The van der Waals surface area contributed by atoms with Gasteiger partial charge in [-0.3, -0.25) is 14.4 Å². The number of nitrogens with one attached hydrogen (secondary N) is 1. The molecule has 0 aliphatic rings. The summed E-state index contributed by atoms with van der Waals surface area (Å²) in [6.07, 6.45) is 3.07. The van der Waals surface area contributed by atoms with Gasteiger partial charge in [-0.05, 0) is 43.2 Å². The lowest BCUT2D eigenvalue weighted by Crippen LogP contribution is -2.53. The zero-order chi connectivity index (χ0) is 21.4. The van der Waals surface area contributed by atoms with Crippen LogP contribution in [0.5, 0.6) is 0 Å². The van der Waals surface area contributed by atoms with Crippen molar-refractivity contribution in [2.45, 2.75) is 45.7 Å². The van der Waals surface area contributed by atoms with Crippen LogP contribution < -0.4 is 5.32 Å². The maximum atomic E-state index is 13.1. The zero-order valence-electron chi connectivity index (χ0n) is 16.4. The van der Waals surface area contributed by atoms with E-state index in [-0.39, 0.29) is 13.0 Å². The van der Waals surface area contributed by atoms with Crippen molar-refractivity contribution in [1.29, 1.82) is 0 Å². The second-order valence-electron chi connectivity index (χ2n) is 6.67. The van der Waals surface area contributed by atoms with E-state index < -0.39 is 23.6 Å². The highest BCUT2D eigenvalue weighted by Crippen LogP contribution is 2.23. The van der Waals surface area contributed by atoms with Gasteiger partial charge in [0.2, 0.25) is 5.91 Å². The Bertz CT molecular complexity index is 852. The first-order valence-corrected chi connectivity index (χ1v) is 10.1. The number of carbonyl (C=O) groups is 3. The predicted octanol–water partition coefficient (Wildman–Crippen LogP) is 4.03. The summed E-state index contributed by atoms with van der Waals surface area (Å²) in [6, 6.07) is 6.93. The van der Waals surface area contributed by atoms with Gasteiger partial charge in [0, 0.05) is 16.6 Å². The van der Waals surface area contributed by atoms with Crippen LogP contribution in [0, 0.1) is 0 Å². The molecule has 0 fully saturated rings. The van der Waals surface area contributed by atoms with Crippen LogP contribution in [0.2, 0.25) is 10.0 Å². The van der Waals surface area contributed by atoms with E-state index in [4.69, 9.17) is 27.6 Å². The lowest BCUT2D eigenvalue weighted by Gasteiger charge is -2.29. The van der Waals surface area contributed by atoms with E-state index in [0.717, 1.165) is 12.8 Å². The van der Waals surface area contributed by atoms with Gasteiger partial charge in [-0.15, -0.1) is 0 Å². The molecule has 1 heterocycles. The van der Waals surface area contributed by atoms with Crippen LogP contribution in [-0.4, -0.2) is 35.1 Å². The predicted molar refractivity (Wildman–Crippen MR) is 112 cm³/mol. The Morgan fingerprint density at radius 2 is 1.97 bits per heavy atom. The van der Waals surface area contributed by atoms with E-state index in [1.165, 1.54) is 18.1 Å². The normalized spacial score (nSPS) is 11.7. The molecule has 156 valence electrons. The fraction of sp³-hybridized carbons (Fsp3) is 0.381. The lowest BCUT2D eigenvalue weighted by molar-refractivity contribution is -0.146. The Balaban J connectivity index is 2.29.